The summed E-state index contributed by atoms with van der Waals surface area (Å²) < 4.78 is 12.7. The molecule has 0 spiro atoms. The third-order valence-electron chi connectivity index (χ3n) is 2.93. The average Bonchev–Trinajstić information content (AvgIpc) is 2.47. The van der Waals surface area contributed by atoms with Gasteiger partial charge in [-0.1, -0.05) is 12.1 Å². The highest BCUT2D eigenvalue weighted by molar-refractivity contribution is 9.11. The zero-order valence-electron chi connectivity index (χ0n) is 12.0. The van der Waals surface area contributed by atoms with Crippen LogP contribution in [-0.2, 0) is 6.54 Å². The summed E-state index contributed by atoms with van der Waals surface area (Å²) in [5, 5.41) is 3.40. The Morgan fingerprint density at radius 3 is 2.62 bits per heavy atom. The van der Waals surface area contributed by atoms with E-state index in [2.05, 4.69) is 43.2 Å². The SMILES string of the molecule is CCOc1cccc(CNc2cc(OC)c(Br)cc2Br)c1. The van der Waals surface area contributed by atoms with Gasteiger partial charge in [0.15, 0.2) is 0 Å². The first-order valence-corrected chi connectivity index (χ1v) is 8.21. The van der Waals surface area contributed by atoms with Crippen molar-refractivity contribution in [1.29, 1.82) is 0 Å². The summed E-state index contributed by atoms with van der Waals surface area (Å²) in [4.78, 5) is 0. The number of ether oxygens (including phenoxy) is 2. The first-order chi connectivity index (χ1) is 10.1. The molecule has 2 aromatic carbocycles. The van der Waals surface area contributed by atoms with E-state index in [9.17, 15) is 0 Å². The topological polar surface area (TPSA) is 30.5 Å². The molecule has 0 saturated heterocycles. The summed E-state index contributed by atoms with van der Waals surface area (Å²) in [5.74, 6) is 1.69. The summed E-state index contributed by atoms with van der Waals surface area (Å²) in [6, 6.07) is 12.0. The second-order valence-corrected chi connectivity index (χ2v) is 6.11. The van der Waals surface area contributed by atoms with E-state index in [1.54, 1.807) is 7.11 Å². The van der Waals surface area contributed by atoms with E-state index in [-0.39, 0.29) is 0 Å². The first-order valence-electron chi connectivity index (χ1n) is 6.62. The van der Waals surface area contributed by atoms with E-state index in [1.807, 2.05) is 37.3 Å². The number of rotatable bonds is 6. The molecule has 0 aliphatic rings. The van der Waals surface area contributed by atoms with Crippen LogP contribution < -0.4 is 14.8 Å². The van der Waals surface area contributed by atoms with Gasteiger partial charge in [0.1, 0.15) is 11.5 Å². The zero-order chi connectivity index (χ0) is 15.2. The molecular weight excluding hydrogens is 398 g/mol. The molecule has 1 N–H and O–H groups in total. The van der Waals surface area contributed by atoms with E-state index in [0.717, 1.165) is 31.7 Å². The minimum Gasteiger partial charge on any atom is -0.495 e. The predicted molar refractivity (Wildman–Crippen MR) is 93.3 cm³/mol. The molecule has 0 unspecified atom stereocenters. The van der Waals surface area contributed by atoms with Crippen molar-refractivity contribution in [2.75, 3.05) is 19.0 Å². The minimum absolute atomic E-state index is 0.673. The zero-order valence-corrected chi connectivity index (χ0v) is 15.1. The Labute approximate surface area is 141 Å². The Kier molecular flexibility index (Phi) is 5.94. The van der Waals surface area contributed by atoms with Crippen LogP contribution in [0.25, 0.3) is 0 Å². The molecule has 3 nitrogen and oxygen atoms in total. The monoisotopic (exact) mass is 413 g/mol. The summed E-state index contributed by atoms with van der Waals surface area (Å²) in [6.45, 7) is 3.37. The van der Waals surface area contributed by atoms with Crippen molar-refractivity contribution in [3.05, 3.63) is 50.9 Å². The third-order valence-corrected chi connectivity index (χ3v) is 4.21. The number of hydrogen-bond donors (Lipinski definition) is 1. The lowest BCUT2D eigenvalue weighted by atomic mass is 10.2. The van der Waals surface area contributed by atoms with Gasteiger partial charge in [-0.2, -0.15) is 0 Å². The molecule has 112 valence electrons. The molecule has 2 rings (SSSR count). The van der Waals surface area contributed by atoms with Crippen molar-refractivity contribution in [2.24, 2.45) is 0 Å². The Bertz CT molecular complexity index is 617. The lowest BCUT2D eigenvalue weighted by molar-refractivity contribution is 0.340. The van der Waals surface area contributed by atoms with E-state index in [0.29, 0.717) is 13.2 Å². The Balaban J connectivity index is 2.11. The Hall–Kier alpha value is -1.20. The van der Waals surface area contributed by atoms with E-state index in [1.165, 1.54) is 0 Å². The Morgan fingerprint density at radius 1 is 1.10 bits per heavy atom. The van der Waals surface area contributed by atoms with Crippen LogP contribution in [0.4, 0.5) is 5.69 Å². The summed E-state index contributed by atoms with van der Waals surface area (Å²) >= 11 is 7.02. The molecule has 2 aromatic rings. The van der Waals surface area contributed by atoms with E-state index < -0.39 is 0 Å². The van der Waals surface area contributed by atoms with E-state index in [4.69, 9.17) is 9.47 Å². The molecule has 0 radical (unpaired) electrons. The quantitative estimate of drug-likeness (QED) is 0.701. The van der Waals surface area contributed by atoms with Crippen molar-refractivity contribution in [3.8, 4) is 11.5 Å². The van der Waals surface area contributed by atoms with Gasteiger partial charge in [0, 0.05) is 17.1 Å². The number of hydrogen-bond acceptors (Lipinski definition) is 3. The molecule has 5 heteroatoms. The van der Waals surface area contributed by atoms with Crippen molar-refractivity contribution < 1.29 is 9.47 Å². The van der Waals surface area contributed by atoms with Crippen LogP contribution in [-0.4, -0.2) is 13.7 Å². The van der Waals surface area contributed by atoms with Gasteiger partial charge < -0.3 is 14.8 Å². The lowest BCUT2D eigenvalue weighted by Gasteiger charge is -2.12. The van der Waals surface area contributed by atoms with Gasteiger partial charge in [-0.3, -0.25) is 0 Å². The molecule has 0 atom stereocenters. The van der Waals surface area contributed by atoms with Gasteiger partial charge in [-0.15, -0.1) is 0 Å². The summed E-state index contributed by atoms with van der Waals surface area (Å²) in [7, 11) is 1.66. The molecule has 0 bridgehead atoms. The fourth-order valence-corrected chi connectivity index (χ4v) is 3.23. The maximum absolute atomic E-state index is 5.51. The van der Waals surface area contributed by atoms with Crippen LogP contribution in [0.1, 0.15) is 12.5 Å². The second kappa shape index (κ2) is 7.71. The number of methoxy groups -OCH3 is 1. The average molecular weight is 415 g/mol. The predicted octanol–water partition coefficient (Wildman–Crippen LogP) is 5.23. The highest BCUT2D eigenvalue weighted by atomic mass is 79.9. The summed E-state index contributed by atoms with van der Waals surface area (Å²) in [5.41, 5.74) is 2.14. The molecule has 0 saturated carbocycles. The highest BCUT2D eigenvalue weighted by Gasteiger charge is 2.07. The molecule has 21 heavy (non-hydrogen) atoms. The van der Waals surface area contributed by atoms with Crippen LogP contribution in [0.3, 0.4) is 0 Å². The summed E-state index contributed by atoms with van der Waals surface area (Å²) in [6.07, 6.45) is 0. The number of benzene rings is 2. The molecular formula is C16H17Br2NO2. The Morgan fingerprint density at radius 2 is 1.90 bits per heavy atom. The minimum atomic E-state index is 0.673. The van der Waals surface area contributed by atoms with Crippen LogP contribution >= 0.6 is 31.9 Å². The first kappa shape index (κ1) is 16.2. The van der Waals surface area contributed by atoms with Crippen molar-refractivity contribution in [2.45, 2.75) is 13.5 Å². The van der Waals surface area contributed by atoms with Crippen LogP contribution in [0, 0.1) is 0 Å². The lowest BCUT2D eigenvalue weighted by Crippen LogP contribution is -2.01. The van der Waals surface area contributed by atoms with Gasteiger partial charge >= 0.3 is 0 Å². The largest absolute Gasteiger partial charge is 0.495 e. The van der Waals surface area contributed by atoms with Crippen molar-refractivity contribution in [1.82, 2.24) is 0 Å². The fraction of sp³-hybridized carbons (Fsp3) is 0.250. The van der Waals surface area contributed by atoms with Gasteiger partial charge in [0.25, 0.3) is 0 Å². The molecule has 0 aliphatic carbocycles. The van der Waals surface area contributed by atoms with Gasteiger partial charge in [-0.25, -0.2) is 0 Å². The van der Waals surface area contributed by atoms with Crippen LogP contribution in [0.15, 0.2) is 45.3 Å². The standard InChI is InChI=1S/C16H17Br2NO2/c1-3-21-12-6-4-5-11(7-12)10-19-15-9-16(20-2)14(18)8-13(15)17/h4-9,19H,3,10H2,1-2H3. The number of halogens is 2. The highest BCUT2D eigenvalue weighted by Crippen LogP contribution is 2.34. The number of nitrogens with one attached hydrogen (secondary N) is 1. The molecule has 0 aromatic heterocycles. The smallest absolute Gasteiger partial charge is 0.135 e. The maximum atomic E-state index is 5.51. The van der Waals surface area contributed by atoms with Gasteiger partial charge in [0.2, 0.25) is 0 Å². The van der Waals surface area contributed by atoms with E-state index >= 15 is 0 Å². The van der Waals surface area contributed by atoms with Crippen molar-refractivity contribution in [3.63, 3.8) is 0 Å². The molecule has 0 heterocycles. The molecule has 0 aliphatic heterocycles. The van der Waals surface area contributed by atoms with Gasteiger partial charge in [0.05, 0.1) is 23.9 Å². The second-order valence-electron chi connectivity index (χ2n) is 4.40. The normalized spacial score (nSPS) is 10.3. The fourth-order valence-electron chi connectivity index (χ4n) is 1.93. The molecule has 0 amide bonds. The van der Waals surface area contributed by atoms with Crippen molar-refractivity contribution >= 4 is 37.5 Å². The van der Waals surface area contributed by atoms with Gasteiger partial charge in [-0.05, 0) is 62.5 Å². The number of anilines is 1. The third kappa shape index (κ3) is 4.38. The van der Waals surface area contributed by atoms with Crippen LogP contribution in [0.5, 0.6) is 11.5 Å². The maximum Gasteiger partial charge on any atom is 0.135 e. The molecule has 0 fully saturated rings. The van der Waals surface area contributed by atoms with Crippen LogP contribution in [0.2, 0.25) is 0 Å².